The number of nitrogens with one attached hydrogen (secondary N) is 2. The van der Waals surface area contributed by atoms with E-state index < -0.39 is 0 Å². The van der Waals surface area contributed by atoms with Crippen molar-refractivity contribution in [2.24, 2.45) is 13.0 Å². The predicted octanol–water partition coefficient (Wildman–Crippen LogP) is 1.71. The van der Waals surface area contributed by atoms with Crippen molar-refractivity contribution in [2.45, 2.75) is 24.2 Å². The van der Waals surface area contributed by atoms with Gasteiger partial charge in [-0.15, -0.1) is 0 Å². The van der Waals surface area contributed by atoms with Crippen LogP contribution in [-0.4, -0.2) is 35.3 Å². The second-order valence-corrected chi connectivity index (χ2v) is 7.33. The highest BCUT2D eigenvalue weighted by atomic mass is 19.1. The number of aromatic nitrogens is 2. The molecule has 1 aromatic heterocycles. The van der Waals surface area contributed by atoms with E-state index >= 15 is 0 Å². The summed E-state index contributed by atoms with van der Waals surface area (Å²) >= 11 is 0. The second-order valence-electron chi connectivity index (χ2n) is 7.33. The van der Waals surface area contributed by atoms with Crippen molar-refractivity contribution in [2.75, 3.05) is 19.6 Å². The number of rotatable bonds is 5. The molecule has 2 aliphatic rings. The van der Waals surface area contributed by atoms with Crippen molar-refractivity contribution >= 4 is 5.91 Å². The molecular formula is C19H23FN4O. The number of hydrogen-bond donors (Lipinski definition) is 2. The van der Waals surface area contributed by atoms with Crippen LogP contribution in [0.15, 0.2) is 36.7 Å². The van der Waals surface area contributed by atoms with Crippen LogP contribution in [0, 0.1) is 11.7 Å². The van der Waals surface area contributed by atoms with E-state index in [1.54, 1.807) is 16.8 Å². The molecular weight excluding hydrogens is 319 g/mol. The normalized spacial score (nSPS) is 24.2. The van der Waals surface area contributed by atoms with Crippen molar-refractivity contribution in [3.05, 3.63) is 53.6 Å². The molecule has 1 aliphatic carbocycles. The topological polar surface area (TPSA) is 59.0 Å². The summed E-state index contributed by atoms with van der Waals surface area (Å²) in [4.78, 5) is 12.8. The maximum Gasteiger partial charge on any atom is 0.225 e. The first kappa shape index (κ1) is 16.3. The van der Waals surface area contributed by atoms with Gasteiger partial charge in [0.2, 0.25) is 5.91 Å². The van der Waals surface area contributed by atoms with Crippen LogP contribution >= 0.6 is 0 Å². The lowest BCUT2D eigenvalue weighted by molar-refractivity contribution is -0.124. The van der Waals surface area contributed by atoms with E-state index in [-0.39, 0.29) is 29.0 Å². The second kappa shape index (κ2) is 6.26. The lowest BCUT2D eigenvalue weighted by Crippen LogP contribution is -2.38. The van der Waals surface area contributed by atoms with E-state index in [0.717, 1.165) is 30.5 Å². The fraction of sp³-hybridized carbons (Fsp3) is 0.474. The largest absolute Gasteiger partial charge is 0.355 e. The van der Waals surface area contributed by atoms with Crippen LogP contribution in [0.1, 0.15) is 29.9 Å². The van der Waals surface area contributed by atoms with Crippen LogP contribution in [0.5, 0.6) is 0 Å². The first-order valence-corrected chi connectivity index (χ1v) is 8.80. The maximum absolute atomic E-state index is 13.5. The summed E-state index contributed by atoms with van der Waals surface area (Å²) in [5.41, 5.74) is 1.99. The lowest BCUT2D eigenvalue weighted by atomic mass is 9.89. The molecule has 5 nitrogen and oxygen atoms in total. The summed E-state index contributed by atoms with van der Waals surface area (Å²) in [6.07, 6.45) is 5.80. The van der Waals surface area contributed by atoms with Gasteiger partial charge in [-0.2, -0.15) is 5.10 Å². The molecule has 2 heterocycles. The Hall–Kier alpha value is -2.21. The summed E-state index contributed by atoms with van der Waals surface area (Å²) in [6, 6.07) is 6.75. The summed E-state index contributed by atoms with van der Waals surface area (Å²) in [5, 5.41) is 10.7. The molecule has 2 N–H and O–H groups in total. The van der Waals surface area contributed by atoms with Gasteiger partial charge in [0, 0.05) is 44.2 Å². The zero-order valence-corrected chi connectivity index (χ0v) is 14.3. The number of aryl methyl sites for hydroxylation is 1. The molecule has 1 aliphatic heterocycles. The first-order chi connectivity index (χ1) is 12.1. The Kier molecular flexibility index (Phi) is 4.07. The first-order valence-electron chi connectivity index (χ1n) is 8.80. The van der Waals surface area contributed by atoms with Gasteiger partial charge in [0.25, 0.3) is 0 Å². The van der Waals surface area contributed by atoms with Crippen molar-refractivity contribution in [1.29, 1.82) is 0 Å². The molecule has 1 saturated carbocycles. The molecule has 1 amide bonds. The van der Waals surface area contributed by atoms with Gasteiger partial charge in [-0.3, -0.25) is 9.48 Å². The summed E-state index contributed by atoms with van der Waals surface area (Å²) in [6.45, 7) is 2.04. The third kappa shape index (κ3) is 3.18. The van der Waals surface area contributed by atoms with E-state index in [9.17, 15) is 9.18 Å². The van der Waals surface area contributed by atoms with Gasteiger partial charge < -0.3 is 10.6 Å². The molecule has 6 heteroatoms. The standard InChI is InChI=1S/C19H23FN4O/c1-24-11-13(8-23-24)16-9-21-10-17(16)18(25)22-12-19(5-6-19)14-3-2-4-15(20)7-14/h2-4,7-8,11,16-17,21H,5-6,9-10,12H2,1H3,(H,22,25)/t16-,17+/m1/s1. The average Bonchev–Trinajstić information content (AvgIpc) is 3.01. The van der Waals surface area contributed by atoms with Gasteiger partial charge in [0.1, 0.15) is 5.82 Å². The van der Waals surface area contributed by atoms with Crippen LogP contribution in [0.2, 0.25) is 0 Å². The Morgan fingerprint density at radius 1 is 1.44 bits per heavy atom. The third-order valence-electron chi connectivity index (χ3n) is 5.60. The predicted molar refractivity (Wildman–Crippen MR) is 92.6 cm³/mol. The van der Waals surface area contributed by atoms with Crippen LogP contribution in [0.25, 0.3) is 0 Å². The Balaban J connectivity index is 1.42. The van der Waals surface area contributed by atoms with Crippen LogP contribution in [0.3, 0.4) is 0 Å². The molecule has 25 heavy (non-hydrogen) atoms. The lowest BCUT2D eigenvalue weighted by Gasteiger charge is -2.21. The van der Waals surface area contributed by atoms with Crippen molar-refractivity contribution in [3.63, 3.8) is 0 Å². The molecule has 0 bridgehead atoms. The van der Waals surface area contributed by atoms with E-state index in [4.69, 9.17) is 0 Å². The zero-order chi connectivity index (χ0) is 17.4. The van der Waals surface area contributed by atoms with Gasteiger partial charge in [-0.25, -0.2) is 4.39 Å². The maximum atomic E-state index is 13.5. The zero-order valence-electron chi connectivity index (χ0n) is 14.3. The van der Waals surface area contributed by atoms with E-state index in [1.807, 2.05) is 25.5 Å². The van der Waals surface area contributed by atoms with Gasteiger partial charge in [0.05, 0.1) is 12.1 Å². The Labute approximate surface area is 146 Å². The Morgan fingerprint density at radius 2 is 2.28 bits per heavy atom. The number of nitrogens with zero attached hydrogens (tertiary/aromatic N) is 2. The average molecular weight is 342 g/mol. The van der Waals surface area contributed by atoms with Crippen molar-refractivity contribution in [3.8, 4) is 0 Å². The summed E-state index contributed by atoms with van der Waals surface area (Å²) < 4.78 is 15.3. The highest BCUT2D eigenvalue weighted by Gasteiger charge is 2.45. The molecule has 1 saturated heterocycles. The minimum atomic E-state index is -0.216. The monoisotopic (exact) mass is 342 g/mol. The molecule has 0 radical (unpaired) electrons. The quantitative estimate of drug-likeness (QED) is 0.870. The van der Waals surface area contributed by atoms with Crippen molar-refractivity contribution in [1.82, 2.24) is 20.4 Å². The fourth-order valence-electron chi connectivity index (χ4n) is 3.86. The molecule has 132 valence electrons. The smallest absolute Gasteiger partial charge is 0.225 e. The number of benzene rings is 1. The number of halogens is 1. The molecule has 0 spiro atoms. The highest BCUT2D eigenvalue weighted by Crippen LogP contribution is 2.47. The number of amides is 1. The molecule has 2 aromatic rings. The molecule has 2 fully saturated rings. The molecule has 1 aromatic carbocycles. The summed E-state index contributed by atoms with van der Waals surface area (Å²) in [7, 11) is 1.89. The van der Waals surface area contributed by atoms with Gasteiger partial charge in [0.15, 0.2) is 0 Å². The number of carbonyl (C=O) groups excluding carboxylic acids is 1. The molecule has 0 unspecified atom stereocenters. The highest BCUT2D eigenvalue weighted by molar-refractivity contribution is 5.80. The van der Waals surface area contributed by atoms with E-state index in [2.05, 4.69) is 15.7 Å². The Morgan fingerprint density at radius 3 is 2.96 bits per heavy atom. The SMILES string of the molecule is Cn1cc([C@H]2CNC[C@@H]2C(=O)NCC2(c3cccc(F)c3)CC2)cn1. The van der Waals surface area contributed by atoms with Crippen LogP contribution in [0.4, 0.5) is 4.39 Å². The Bertz CT molecular complexity index is 783. The van der Waals surface area contributed by atoms with Crippen LogP contribution in [-0.2, 0) is 17.3 Å². The van der Waals surface area contributed by atoms with Crippen LogP contribution < -0.4 is 10.6 Å². The number of hydrogen-bond acceptors (Lipinski definition) is 3. The van der Waals surface area contributed by atoms with Gasteiger partial charge >= 0.3 is 0 Å². The molecule has 2 atom stereocenters. The van der Waals surface area contributed by atoms with E-state index in [0.29, 0.717) is 13.1 Å². The number of carbonyl (C=O) groups is 1. The summed E-state index contributed by atoms with van der Waals surface area (Å²) in [5.74, 6) is -0.0844. The van der Waals surface area contributed by atoms with Gasteiger partial charge in [-0.05, 0) is 36.1 Å². The minimum absolute atomic E-state index is 0.0709. The fourth-order valence-corrected chi connectivity index (χ4v) is 3.86. The third-order valence-corrected chi connectivity index (χ3v) is 5.60. The van der Waals surface area contributed by atoms with E-state index in [1.165, 1.54) is 6.07 Å². The molecule has 4 rings (SSSR count). The minimum Gasteiger partial charge on any atom is -0.355 e. The van der Waals surface area contributed by atoms with Gasteiger partial charge in [-0.1, -0.05) is 12.1 Å². The van der Waals surface area contributed by atoms with Crippen molar-refractivity contribution < 1.29 is 9.18 Å².